The first-order valence-corrected chi connectivity index (χ1v) is 7.51. The predicted molar refractivity (Wildman–Crippen MR) is 81.9 cm³/mol. The summed E-state index contributed by atoms with van der Waals surface area (Å²) in [6.45, 7) is 7.48. The van der Waals surface area contributed by atoms with Crippen LogP contribution in [0.5, 0.6) is 0 Å². The van der Waals surface area contributed by atoms with Gasteiger partial charge >= 0.3 is 0 Å². The average Bonchev–Trinajstić information content (AvgIpc) is 2.86. The van der Waals surface area contributed by atoms with Gasteiger partial charge in [0.25, 0.3) is 0 Å². The van der Waals surface area contributed by atoms with Gasteiger partial charge in [0.2, 0.25) is 5.13 Å². The molecule has 0 fully saturated rings. The topological polar surface area (TPSA) is 37.8 Å². The van der Waals surface area contributed by atoms with Crippen LogP contribution in [0.25, 0.3) is 0 Å². The first-order chi connectivity index (χ1) is 9.12. The van der Waals surface area contributed by atoms with Crippen LogP contribution in [0, 0.1) is 0 Å². The van der Waals surface area contributed by atoms with E-state index in [0.717, 1.165) is 30.3 Å². The molecule has 0 radical (unpaired) electrons. The normalized spacial score (nSPS) is 11.5. The lowest BCUT2D eigenvalue weighted by Crippen LogP contribution is -2.27. The molecule has 102 valence electrons. The molecule has 0 aliphatic heterocycles. The summed E-state index contributed by atoms with van der Waals surface area (Å²) in [4.78, 5) is 4.49. The van der Waals surface area contributed by atoms with Crippen molar-refractivity contribution in [3.63, 3.8) is 0 Å². The Hall–Kier alpha value is -1.42. The maximum atomic E-state index is 4.49. The van der Waals surface area contributed by atoms with Crippen LogP contribution >= 0.6 is 11.5 Å². The molecule has 19 heavy (non-hydrogen) atoms. The number of benzene rings is 1. The zero-order chi connectivity index (χ0) is 13.7. The second-order valence-corrected chi connectivity index (χ2v) is 6.12. The lowest BCUT2D eigenvalue weighted by atomic mass is 9.85. The van der Waals surface area contributed by atoms with Gasteiger partial charge in [0.15, 0.2) is 0 Å². The Labute approximate surface area is 119 Å². The first-order valence-electron chi connectivity index (χ1n) is 6.74. The van der Waals surface area contributed by atoms with Crippen molar-refractivity contribution in [2.24, 2.45) is 0 Å². The smallest absolute Gasteiger partial charge is 0.202 e. The van der Waals surface area contributed by atoms with Crippen molar-refractivity contribution in [3.05, 3.63) is 41.7 Å². The van der Waals surface area contributed by atoms with Gasteiger partial charge in [0.05, 0.1) is 0 Å². The molecule has 1 aromatic carbocycles. The molecule has 3 nitrogen and oxygen atoms in total. The molecule has 0 amide bonds. The Morgan fingerprint density at radius 2 is 1.95 bits per heavy atom. The minimum Gasteiger partial charge on any atom is -0.359 e. The zero-order valence-electron chi connectivity index (χ0n) is 11.8. The van der Waals surface area contributed by atoms with Gasteiger partial charge in [-0.1, -0.05) is 51.1 Å². The molecular formula is C15H21N3S. The number of aromatic nitrogens is 2. The highest BCUT2D eigenvalue weighted by Gasteiger charge is 2.20. The van der Waals surface area contributed by atoms with Gasteiger partial charge in [0, 0.05) is 29.9 Å². The minimum absolute atomic E-state index is 0.0812. The van der Waals surface area contributed by atoms with Crippen molar-refractivity contribution >= 4 is 16.7 Å². The molecule has 0 aliphatic rings. The van der Waals surface area contributed by atoms with Crippen LogP contribution in [0.15, 0.2) is 30.3 Å². The summed E-state index contributed by atoms with van der Waals surface area (Å²) < 4.78 is 4.35. The molecule has 2 aromatic rings. The van der Waals surface area contributed by atoms with E-state index in [9.17, 15) is 0 Å². The maximum Gasteiger partial charge on any atom is 0.202 e. The van der Waals surface area contributed by atoms with E-state index < -0.39 is 0 Å². The quantitative estimate of drug-likeness (QED) is 0.869. The average molecular weight is 275 g/mol. The molecule has 2 rings (SSSR count). The predicted octanol–water partition coefficient (Wildman–Crippen LogP) is 3.88. The van der Waals surface area contributed by atoms with Crippen LogP contribution in [0.1, 0.15) is 38.6 Å². The van der Waals surface area contributed by atoms with E-state index in [2.05, 4.69) is 65.8 Å². The van der Waals surface area contributed by atoms with E-state index in [1.54, 1.807) is 0 Å². The molecule has 0 unspecified atom stereocenters. The van der Waals surface area contributed by atoms with Gasteiger partial charge < -0.3 is 5.32 Å². The summed E-state index contributed by atoms with van der Waals surface area (Å²) in [5.41, 5.74) is 1.42. The lowest BCUT2D eigenvalue weighted by molar-refractivity contribution is 0.557. The molecule has 0 bridgehead atoms. The van der Waals surface area contributed by atoms with E-state index in [1.165, 1.54) is 17.1 Å². The van der Waals surface area contributed by atoms with Crippen molar-refractivity contribution in [3.8, 4) is 0 Å². The molecule has 1 N–H and O–H groups in total. The molecule has 0 saturated carbocycles. The van der Waals surface area contributed by atoms with Crippen LogP contribution in [0.2, 0.25) is 0 Å². The summed E-state index contributed by atoms with van der Waals surface area (Å²) in [5, 5.41) is 4.33. The monoisotopic (exact) mass is 275 g/mol. The van der Waals surface area contributed by atoms with Gasteiger partial charge in [-0.15, -0.1) is 0 Å². The molecule has 0 spiro atoms. The summed E-state index contributed by atoms with van der Waals surface area (Å²) in [7, 11) is 0. The summed E-state index contributed by atoms with van der Waals surface area (Å²) in [6.07, 6.45) is 2.05. The number of anilines is 1. The fourth-order valence-corrected chi connectivity index (χ4v) is 2.55. The highest BCUT2D eigenvalue weighted by Crippen LogP contribution is 2.24. The van der Waals surface area contributed by atoms with E-state index in [-0.39, 0.29) is 5.41 Å². The summed E-state index contributed by atoms with van der Waals surface area (Å²) >= 11 is 1.45. The van der Waals surface area contributed by atoms with Gasteiger partial charge in [-0.3, -0.25) is 0 Å². The van der Waals surface area contributed by atoms with E-state index in [4.69, 9.17) is 0 Å². The molecule has 1 aromatic heterocycles. The highest BCUT2D eigenvalue weighted by molar-refractivity contribution is 7.09. The number of hydrogen-bond acceptors (Lipinski definition) is 4. The second-order valence-electron chi connectivity index (χ2n) is 5.37. The Morgan fingerprint density at radius 1 is 1.21 bits per heavy atom. The second kappa shape index (κ2) is 6.15. The van der Waals surface area contributed by atoms with Crippen LogP contribution in [0.4, 0.5) is 5.13 Å². The fraction of sp³-hybridized carbons (Fsp3) is 0.467. The van der Waals surface area contributed by atoms with Crippen molar-refractivity contribution in [1.82, 2.24) is 9.36 Å². The summed E-state index contributed by atoms with van der Waals surface area (Å²) in [6, 6.07) is 10.6. The first kappa shape index (κ1) is 14.0. The van der Waals surface area contributed by atoms with Gasteiger partial charge in [-0.2, -0.15) is 4.37 Å². The van der Waals surface area contributed by atoms with Crippen LogP contribution in [0.3, 0.4) is 0 Å². The molecule has 0 atom stereocenters. The van der Waals surface area contributed by atoms with Gasteiger partial charge in [-0.05, 0) is 12.0 Å². The zero-order valence-corrected chi connectivity index (χ0v) is 12.6. The third-order valence-corrected chi connectivity index (χ3v) is 3.89. The number of nitrogens with one attached hydrogen (secondary N) is 1. The molecule has 1 heterocycles. The van der Waals surface area contributed by atoms with E-state index in [1.807, 2.05) is 0 Å². The molecular weight excluding hydrogens is 254 g/mol. The largest absolute Gasteiger partial charge is 0.359 e. The van der Waals surface area contributed by atoms with Gasteiger partial charge in [0.1, 0.15) is 5.82 Å². The van der Waals surface area contributed by atoms with Gasteiger partial charge in [-0.25, -0.2) is 4.98 Å². The van der Waals surface area contributed by atoms with Crippen molar-refractivity contribution < 1.29 is 0 Å². The Balaban J connectivity index is 1.97. The molecule has 0 saturated heterocycles. The number of hydrogen-bond donors (Lipinski definition) is 1. The molecule has 4 heteroatoms. The Kier molecular flexibility index (Phi) is 4.53. The number of rotatable bonds is 6. The van der Waals surface area contributed by atoms with Crippen molar-refractivity contribution in [2.45, 2.75) is 39.0 Å². The maximum absolute atomic E-state index is 4.49. The molecule has 0 aliphatic carbocycles. The fourth-order valence-electron chi connectivity index (χ4n) is 1.94. The lowest BCUT2D eigenvalue weighted by Gasteiger charge is -2.25. The van der Waals surface area contributed by atoms with Crippen LogP contribution in [-0.2, 0) is 11.8 Å². The Morgan fingerprint density at radius 3 is 2.63 bits per heavy atom. The summed E-state index contributed by atoms with van der Waals surface area (Å²) in [5.74, 6) is 0.951. The minimum atomic E-state index is 0.0812. The number of nitrogens with zero attached hydrogens (tertiary/aromatic N) is 2. The van der Waals surface area contributed by atoms with Crippen LogP contribution in [-0.4, -0.2) is 15.9 Å². The van der Waals surface area contributed by atoms with E-state index >= 15 is 0 Å². The van der Waals surface area contributed by atoms with Crippen molar-refractivity contribution in [1.29, 1.82) is 0 Å². The van der Waals surface area contributed by atoms with E-state index in [0.29, 0.717) is 0 Å². The third kappa shape index (κ3) is 3.77. The Bertz CT molecular complexity index is 505. The standard InChI is InChI=1S/C15H21N3S/c1-4-8-13-17-14(19-18-13)16-11-15(2,3)12-9-6-5-7-10-12/h5-7,9-10H,4,8,11H2,1-3H3,(H,16,17,18). The highest BCUT2D eigenvalue weighted by atomic mass is 32.1. The third-order valence-electron chi connectivity index (χ3n) is 3.18. The SMILES string of the molecule is CCCc1nsc(NCC(C)(C)c2ccccc2)n1. The number of aryl methyl sites for hydroxylation is 1. The van der Waals surface area contributed by atoms with Crippen LogP contribution < -0.4 is 5.32 Å². The van der Waals surface area contributed by atoms with Crippen molar-refractivity contribution in [2.75, 3.05) is 11.9 Å².